The van der Waals surface area contributed by atoms with Crippen molar-refractivity contribution in [1.82, 2.24) is 4.90 Å². The molecule has 1 heterocycles. The number of carbonyl (C=O) groups excluding carboxylic acids is 1. The summed E-state index contributed by atoms with van der Waals surface area (Å²) < 4.78 is 0. The van der Waals surface area contributed by atoms with Crippen molar-refractivity contribution in [3.63, 3.8) is 0 Å². The van der Waals surface area contributed by atoms with Gasteiger partial charge in [-0.1, -0.05) is 6.42 Å². The molecular formula is C9H15N3O. The van der Waals surface area contributed by atoms with Gasteiger partial charge in [0.05, 0.1) is 18.2 Å². The monoisotopic (exact) mass is 181 g/mol. The number of amides is 1. The van der Waals surface area contributed by atoms with Crippen LogP contribution < -0.4 is 5.73 Å². The maximum absolute atomic E-state index is 11.1. The summed E-state index contributed by atoms with van der Waals surface area (Å²) in [5, 5.41) is 8.74. The Morgan fingerprint density at radius 1 is 1.69 bits per heavy atom. The van der Waals surface area contributed by atoms with Crippen LogP contribution in [0.25, 0.3) is 0 Å². The second-order valence-corrected chi connectivity index (χ2v) is 3.46. The molecule has 0 aromatic rings. The lowest BCUT2D eigenvalue weighted by Crippen LogP contribution is -2.51. The molecule has 4 heteroatoms. The molecule has 0 spiro atoms. The van der Waals surface area contributed by atoms with Crippen LogP contribution in [0.1, 0.15) is 26.2 Å². The summed E-state index contributed by atoms with van der Waals surface area (Å²) in [7, 11) is 0. The van der Waals surface area contributed by atoms with E-state index in [0.717, 1.165) is 25.8 Å². The lowest BCUT2D eigenvalue weighted by atomic mass is 10.00. The molecule has 0 aromatic carbocycles. The van der Waals surface area contributed by atoms with E-state index < -0.39 is 0 Å². The second kappa shape index (κ2) is 4.24. The van der Waals surface area contributed by atoms with Crippen LogP contribution in [0.4, 0.5) is 0 Å². The molecule has 1 amide bonds. The fourth-order valence-electron chi connectivity index (χ4n) is 1.80. The van der Waals surface area contributed by atoms with E-state index in [1.807, 2.05) is 4.90 Å². The van der Waals surface area contributed by atoms with E-state index in [4.69, 9.17) is 11.0 Å². The van der Waals surface area contributed by atoms with Gasteiger partial charge < -0.3 is 5.73 Å². The van der Waals surface area contributed by atoms with Crippen molar-refractivity contribution >= 4 is 5.91 Å². The van der Waals surface area contributed by atoms with E-state index in [9.17, 15) is 4.79 Å². The van der Waals surface area contributed by atoms with Gasteiger partial charge in [-0.25, -0.2) is 0 Å². The van der Waals surface area contributed by atoms with Crippen molar-refractivity contribution in [2.75, 3.05) is 6.54 Å². The maximum atomic E-state index is 11.1. The van der Waals surface area contributed by atoms with Gasteiger partial charge in [-0.2, -0.15) is 5.26 Å². The Kier molecular flexibility index (Phi) is 3.26. The first-order valence-corrected chi connectivity index (χ1v) is 4.61. The molecule has 1 rings (SSSR count). The summed E-state index contributed by atoms with van der Waals surface area (Å²) in [5.41, 5.74) is 5.26. The lowest BCUT2D eigenvalue weighted by molar-refractivity contribution is -0.124. The van der Waals surface area contributed by atoms with Gasteiger partial charge in [0, 0.05) is 6.54 Å². The number of piperidine rings is 1. The number of hydrogen-bond acceptors (Lipinski definition) is 3. The Hall–Kier alpha value is -1.08. The van der Waals surface area contributed by atoms with Crippen LogP contribution in [0, 0.1) is 11.3 Å². The fourth-order valence-corrected chi connectivity index (χ4v) is 1.80. The van der Waals surface area contributed by atoms with Crippen molar-refractivity contribution in [2.45, 2.75) is 38.3 Å². The number of nitrogens with zero attached hydrogens (tertiary/aromatic N) is 2. The molecule has 2 unspecified atom stereocenters. The highest BCUT2D eigenvalue weighted by Crippen LogP contribution is 2.18. The standard InChI is InChI=1S/C9H15N3O/c1-7(6-10)12-5-3-2-4-8(12)9(11)13/h7-8H,2-5H2,1H3,(H2,11,13). The highest BCUT2D eigenvalue weighted by Gasteiger charge is 2.29. The highest BCUT2D eigenvalue weighted by atomic mass is 16.1. The topological polar surface area (TPSA) is 70.1 Å². The summed E-state index contributed by atoms with van der Waals surface area (Å²) in [6, 6.07) is 1.69. The Labute approximate surface area is 78.3 Å². The van der Waals surface area contributed by atoms with Crippen molar-refractivity contribution in [3.05, 3.63) is 0 Å². The van der Waals surface area contributed by atoms with Gasteiger partial charge in [0.15, 0.2) is 0 Å². The molecule has 0 bridgehead atoms. The van der Waals surface area contributed by atoms with Crippen LogP contribution in [-0.2, 0) is 4.79 Å². The van der Waals surface area contributed by atoms with E-state index >= 15 is 0 Å². The predicted octanol–water partition coefficient (Wildman–Crippen LogP) is 0.238. The molecule has 0 aromatic heterocycles. The Bertz CT molecular complexity index is 234. The minimum Gasteiger partial charge on any atom is -0.368 e. The van der Waals surface area contributed by atoms with Gasteiger partial charge in [-0.05, 0) is 19.8 Å². The first-order valence-electron chi connectivity index (χ1n) is 4.61. The van der Waals surface area contributed by atoms with Crippen molar-refractivity contribution in [1.29, 1.82) is 5.26 Å². The quantitative estimate of drug-likeness (QED) is 0.663. The summed E-state index contributed by atoms with van der Waals surface area (Å²) in [5.74, 6) is -0.304. The van der Waals surface area contributed by atoms with Crippen LogP contribution >= 0.6 is 0 Å². The van der Waals surface area contributed by atoms with Crippen molar-refractivity contribution < 1.29 is 4.79 Å². The summed E-state index contributed by atoms with van der Waals surface area (Å²) in [4.78, 5) is 13.0. The molecule has 1 aliphatic heterocycles. The Morgan fingerprint density at radius 2 is 2.38 bits per heavy atom. The van der Waals surface area contributed by atoms with Crippen LogP contribution in [0.3, 0.4) is 0 Å². The lowest BCUT2D eigenvalue weighted by Gasteiger charge is -2.35. The van der Waals surface area contributed by atoms with E-state index in [-0.39, 0.29) is 18.0 Å². The number of nitrogens with two attached hydrogens (primary N) is 1. The number of carbonyl (C=O) groups is 1. The number of nitriles is 1. The molecule has 72 valence electrons. The Balaban J connectivity index is 2.68. The van der Waals surface area contributed by atoms with Crippen molar-refractivity contribution in [2.24, 2.45) is 5.73 Å². The first kappa shape index (κ1) is 10.0. The third-order valence-corrected chi connectivity index (χ3v) is 2.56. The molecule has 2 atom stereocenters. The molecule has 1 fully saturated rings. The molecular weight excluding hydrogens is 166 g/mol. The maximum Gasteiger partial charge on any atom is 0.234 e. The SMILES string of the molecule is CC(C#N)N1CCCCC1C(N)=O. The van der Waals surface area contributed by atoms with E-state index in [1.165, 1.54) is 0 Å². The minimum absolute atomic E-state index is 0.210. The zero-order valence-corrected chi connectivity index (χ0v) is 7.86. The summed E-state index contributed by atoms with van der Waals surface area (Å²) >= 11 is 0. The summed E-state index contributed by atoms with van der Waals surface area (Å²) in [6.07, 6.45) is 2.87. The van der Waals surface area contributed by atoms with E-state index in [2.05, 4.69) is 6.07 Å². The molecule has 13 heavy (non-hydrogen) atoms. The average molecular weight is 181 g/mol. The average Bonchev–Trinajstić information content (AvgIpc) is 2.16. The van der Waals surface area contributed by atoms with Crippen molar-refractivity contribution in [3.8, 4) is 6.07 Å². The number of primary amides is 1. The fraction of sp³-hybridized carbons (Fsp3) is 0.778. The number of likely N-dealkylation sites (tertiary alicyclic amines) is 1. The third kappa shape index (κ3) is 2.19. The van der Waals surface area contributed by atoms with Crippen LogP contribution in [-0.4, -0.2) is 29.4 Å². The van der Waals surface area contributed by atoms with Crippen LogP contribution in [0.5, 0.6) is 0 Å². The Morgan fingerprint density at radius 3 is 2.92 bits per heavy atom. The molecule has 2 N–H and O–H groups in total. The van der Waals surface area contributed by atoms with Crippen LogP contribution in [0.15, 0.2) is 0 Å². The van der Waals surface area contributed by atoms with Gasteiger partial charge >= 0.3 is 0 Å². The summed E-state index contributed by atoms with van der Waals surface area (Å²) in [6.45, 7) is 2.61. The number of hydrogen-bond donors (Lipinski definition) is 1. The van der Waals surface area contributed by atoms with E-state index in [0.29, 0.717) is 0 Å². The predicted molar refractivity (Wildman–Crippen MR) is 48.6 cm³/mol. The minimum atomic E-state index is -0.304. The third-order valence-electron chi connectivity index (χ3n) is 2.56. The second-order valence-electron chi connectivity index (χ2n) is 3.46. The van der Waals surface area contributed by atoms with Gasteiger partial charge in [0.25, 0.3) is 0 Å². The van der Waals surface area contributed by atoms with Gasteiger partial charge in [-0.3, -0.25) is 9.69 Å². The molecule has 4 nitrogen and oxygen atoms in total. The normalized spacial score (nSPS) is 26.3. The zero-order valence-electron chi connectivity index (χ0n) is 7.86. The molecule has 1 saturated heterocycles. The highest BCUT2D eigenvalue weighted by molar-refractivity contribution is 5.80. The smallest absolute Gasteiger partial charge is 0.234 e. The van der Waals surface area contributed by atoms with Gasteiger partial charge in [-0.15, -0.1) is 0 Å². The van der Waals surface area contributed by atoms with Gasteiger partial charge in [0.2, 0.25) is 5.91 Å². The molecule has 0 radical (unpaired) electrons. The zero-order chi connectivity index (χ0) is 9.84. The molecule has 0 saturated carbocycles. The number of rotatable bonds is 2. The first-order chi connectivity index (χ1) is 6.16. The van der Waals surface area contributed by atoms with Gasteiger partial charge in [0.1, 0.15) is 0 Å². The molecule has 1 aliphatic rings. The van der Waals surface area contributed by atoms with Crippen LogP contribution in [0.2, 0.25) is 0 Å². The molecule has 0 aliphatic carbocycles. The largest absolute Gasteiger partial charge is 0.368 e. The van der Waals surface area contributed by atoms with E-state index in [1.54, 1.807) is 6.92 Å².